The fraction of sp³-hybridized carbons (Fsp3) is 0.308. The molecule has 1 heterocycles. The second-order valence-corrected chi connectivity index (χ2v) is 4.29. The number of H-pyrrole nitrogens is 1. The normalized spacial score (nSPS) is 13.5. The highest BCUT2D eigenvalue weighted by Crippen LogP contribution is 2.39. The number of aromatic amines is 1. The zero-order valence-corrected chi connectivity index (χ0v) is 10.3. The van der Waals surface area contributed by atoms with E-state index in [-0.39, 0.29) is 5.56 Å². The third-order valence-electron chi connectivity index (χ3n) is 2.94. The van der Waals surface area contributed by atoms with E-state index < -0.39 is 18.1 Å². The van der Waals surface area contributed by atoms with E-state index in [1.54, 1.807) is 25.1 Å². The zero-order valence-electron chi connectivity index (χ0n) is 10.3. The van der Waals surface area contributed by atoms with Crippen LogP contribution in [0.3, 0.4) is 0 Å². The first-order chi connectivity index (χ1) is 8.84. The predicted octanol–water partition coefficient (Wildman–Crippen LogP) is 3.30. The van der Waals surface area contributed by atoms with Gasteiger partial charge in [0.15, 0.2) is 5.92 Å². The third kappa shape index (κ3) is 2.43. The van der Waals surface area contributed by atoms with Crippen LogP contribution in [-0.4, -0.2) is 24.2 Å². The van der Waals surface area contributed by atoms with Crippen molar-refractivity contribution in [1.82, 2.24) is 4.98 Å². The molecule has 2 aromatic rings. The molecule has 0 radical (unpaired) electrons. The van der Waals surface area contributed by atoms with Gasteiger partial charge in [-0.15, -0.1) is 0 Å². The van der Waals surface area contributed by atoms with Gasteiger partial charge >= 0.3 is 12.1 Å². The lowest BCUT2D eigenvalue weighted by molar-refractivity contribution is -0.179. The summed E-state index contributed by atoms with van der Waals surface area (Å²) in [6.45, 7) is 1.77. The lowest BCUT2D eigenvalue weighted by atomic mass is 9.97. The van der Waals surface area contributed by atoms with E-state index in [1.165, 1.54) is 6.20 Å². The summed E-state index contributed by atoms with van der Waals surface area (Å²) in [6.07, 6.45) is -3.48. The van der Waals surface area contributed by atoms with Crippen molar-refractivity contribution in [2.75, 3.05) is 7.11 Å². The molecular formula is C13H12F3NO2. The highest BCUT2D eigenvalue weighted by atomic mass is 19.4. The molecular weight excluding hydrogens is 259 g/mol. The molecule has 0 saturated heterocycles. The van der Waals surface area contributed by atoms with Crippen LogP contribution in [0, 0.1) is 6.92 Å². The van der Waals surface area contributed by atoms with Gasteiger partial charge in [0.1, 0.15) is 0 Å². The quantitative estimate of drug-likeness (QED) is 0.851. The Morgan fingerprint density at radius 1 is 1.37 bits per heavy atom. The van der Waals surface area contributed by atoms with Gasteiger partial charge in [0, 0.05) is 22.7 Å². The van der Waals surface area contributed by atoms with Gasteiger partial charge in [0.2, 0.25) is 0 Å². The van der Waals surface area contributed by atoms with Gasteiger partial charge in [-0.2, -0.15) is 13.2 Å². The Labute approximate surface area is 107 Å². The number of carbonyl (C=O) groups excluding carboxylic acids is 1. The van der Waals surface area contributed by atoms with Crippen molar-refractivity contribution in [3.8, 4) is 0 Å². The van der Waals surface area contributed by atoms with E-state index in [1.807, 2.05) is 0 Å². The maximum atomic E-state index is 13.0. The molecule has 19 heavy (non-hydrogen) atoms. The molecule has 6 heteroatoms. The van der Waals surface area contributed by atoms with Crippen LogP contribution in [0.5, 0.6) is 0 Å². The Bertz CT molecular complexity index is 616. The zero-order chi connectivity index (χ0) is 14.2. The summed E-state index contributed by atoms with van der Waals surface area (Å²) >= 11 is 0. The summed E-state index contributed by atoms with van der Waals surface area (Å²) in [5.74, 6) is -3.58. The van der Waals surface area contributed by atoms with E-state index in [0.29, 0.717) is 10.9 Å². The summed E-state index contributed by atoms with van der Waals surface area (Å²) < 4.78 is 43.4. The molecule has 1 aromatic carbocycles. The van der Waals surface area contributed by atoms with Crippen LogP contribution >= 0.6 is 0 Å². The Morgan fingerprint density at radius 3 is 2.63 bits per heavy atom. The van der Waals surface area contributed by atoms with Crippen molar-refractivity contribution in [2.45, 2.75) is 19.0 Å². The molecule has 0 saturated carbocycles. The van der Waals surface area contributed by atoms with Gasteiger partial charge in [-0.3, -0.25) is 4.79 Å². The van der Waals surface area contributed by atoms with Crippen LogP contribution in [-0.2, 0) is 9.53 Å². The molecule has 0 aliphatic rings. The highest BCUT2D eigenvalue weighted by molar-refractivity contribution is 5.90. The van der Waals surface area contributed by atoms with Crippen molar-refractivity contribution in [1.29, 1.82) is 0 Å². The molecule has 1 unspecified atom stereocenters. The Morgan fingerprint density at radius 2 is 2.05 bits per heavy atom. The minimum absolute atomic E-state index is 0.113. The first-order valence-corrected chi connectivity index (χ1v) is 5.56. The van der Waals surface area contributed by atoms with Crippen LogP contribution in [0.4, 0.5) is 13.2 Å². The Hall–Kier alpha value is -1.98. The second kappa shape index (κ2) is 4.60. The Balaban J connectivity index is 2.63. The molecule has 0 amide bonds. The van der Waals surface area contributed by atoms with Gasteiger partial charge in [-0.05, 0) is 19.1 Å². The average Bonchev–Trinajstić information content (AvgIpc) is 2.70. The summed E-state index contributed by atoms with van der Waals surface area (Å²) in [5.41, 5.74) is 1.26. The SMILES string of the molecule is COC(=O)C(c1c[nH]c2ccc(C)cc12)C(F)(F)F. The smallest absolute Gasteiger partial charge is 0.406 e. The standard InChI is InChI=1S/C13H12F3NO2/c1-7-3-4-10-8(5-7)9(6-17-10)11(12(18)19-2)13(14,15)16/h3-6,11,17H,1-2H3. The number of halogens is 3. The van der Waals surface area contributed by atoms with Gasteiger partial charge in [-0.1, -0.05) is 11.6 Å². The summed E-state index contributed by atoms with van der Waals surface area (Å²) in [6, 6.07) is 5.07. The number of benzene rings is 1. The molecule has 0 spiro atoms. The van der Waals surface area contributed by atoms with Gasteiger partial charge < -0.3 is 9.72 Å². The minimum Gasteiger partial charge on any atom is -0.468 e. The molecule has 2 rings (SSSR count). The predicted molar refractivity (Wildman–Crippen MR) is 63.8 cm³/mol. The van der Waals surface area contributed by atoms with Crippen LogP contribution in [0.15, 0.2) is 24.4 Å². The van der Waals surface area contributed by atoms with E-state index >= 15 is 0 Å². The molecule has 0 bridgehead atoms. The molecule has 1 aromatic heterocycles. The molecule has 1 N–H and O–H groups in total. The topological polar surface area (TPSA) is 42.1 Å². The first kappa shape index (κ1) is 13.5. The third-order valence-corrected chi connectivity index (χ3v) is 2.94. The van der Waals surface area contributed by atoms with E-state index in [9.17, 15) is 18.0 Å². The summed E-state index contributed by atoms with van der Waals surface area (Å²) in [4.78, 5) is 14.2. The van der Waals surface area contributed by atoms with E-state index in [0.717, 1.165) is 12.7 Å². The largest absolute Gasteiger partial charge is 0.468 e. The van der Waals surface area contributed by atoms with Gasteiger partial charge in [-0.25, -0.2) is 0 Å². The molecule has 3 nitrogen and oxygen atoms in total. The average molecular weight is 271 g/mol. The van der Waals surface area contributed by atoms with Crippen LogP contribution in [0.1, 0.15) is 17.0 Å². The fourth-order valence-electron chi connectivity index (χ4n) is 2.05. The number of alkyl halides is 3. The van der Waals surface area contributed by atoms with Crippen LogP contribution < -0.4 is 0 Å². The number of ether oxygens (including phenoxy) is 1. The first-order valence-electron chi connectivity index (χ1n) is 5.56. The van der Waals surface area contributed by atoms with Crippen molar-refractivity contribution in [2.24, 2.45) is 0 Å². The fourth-order valence-corrected chi connectivity index (χ4v) is 2.05. The molecule has 0 fully saturated rings. The van der Waals surface area contributed by atoms with Crippen molar-refractivity contribution >= 4 is 16.9 Å². The number of methoxy groups -OCH3 is 1. The van der Waals surface area contributed by atoms with Crippen molar-refractivity contribution < 1.29 is 22.7 Å². The number of hydrogen-bond donors (Lipinski definition) is 1. The molecule has 0 aliphatic heterocycles. The number of aryl methyl sites for hydroxylation is 1. The summed E-state index contributed by atoms with van der Waals surface area (Å²) in [5, 5.41) is 0.382. The van der Waals surface area contributed by atoms with Crippen LogP contribution in [0.25, 0.3) is 10.9 Å². The lowest BCUT2D eigenvalue weighted by Crippen LogP contribution is -2.29. The lowest BCUT2D eigenvalue weighted by Gasteiger charge is -2.17. The van der Waals surface area contributed by atoms with Crippen LogP contribution in [0.2, 0.25) is 0 Å². The molecule has 1 atom stereocenters. The van der Waals surface area contributed by atoms with Gasteiger partial charge in [0.25, 0.3) is 0 Å². The number of rotatable bonds is 2. The van der Waals surface area contributed by atoms with Crippen molar-refractivity contribution in [3.05, 3.63) is 35.5 Å². The number of aromatic nitrogens is 1. The van der Waals surface area contributed by atoms with Gasteiger partial charge in [0.05, 0.1) is 7.11 Å². The minimum atomic E-state index is -4.69. The number of hydrogen-bond acceptors (Lipinski definition) is 2. The number of fused-ring (bicyclic) bond motifs is 1. The maximum absolute atomic E-state index is 13.0. The highest BCUT2D eigenvalue weighted by Gasteiger charge is 2.48. The monoisotopic (exact) mass is 271 g/mol. The van der Waals surface area contributed by atoms with E-state index in [4.69, 9.17) is 0 Å². The Kier molecular flexibility index (Phi) is 3.26. The second-order valence-electron chi connectivity index (χ2n) is 4.29. The maximum Gasteiger partial charge on any atom is 0.406 e. The van der Waals surface area contributed by atoms with E-state index in [2.05, 4.69) is 9.72 Å². The van der Waals surface area contributed by atoms with Crippen molar-refractivity contribution in [3.63, 3.8) is 0 Å². The number of nitrogens with one attached hydrogen (secondary N) is 1. The number of esters is 1. The number of carbonyl (C=O) groups is 1. The molecule has 102 valence electrons. The summed E-state index contributed by atoms with van der Waals surface area (Å²) in [7, 11) is 0.946. The molecule has 0 aliphatic carbocycles.